The van der Waals surface area contributed by atoms with E-state index in [4.69, 9.17) is 4.74 Å². The Balaban J connectivity index is 2.19. The van der Waals surface area contributed by atoms with Crippen molar-refractivity contribution in [3.63, 3.8) is 0 Å². The third kappa shape index (κ3) is 3.05. The first kappa shape index (κ1) is 13.8. The molecule has 2 rings (SSSR count). The summed E-state index contributed by atoms with van der Waals surface area (Å²) in [6, 6.07) is 3.78. The van der Waals surface area contributed by atoms with E-state index in [0.29, 0.717) is 5.52 Å². The summed E-state index contributed by atoms with van der Waals surface area (Å²) in [7, 11) is 1.84. The Morgan fingerprint density at radius 1 is 1.32 bits per heavy atom. The van der Waals surface area contributed by atoms with Gasteiger partial charge in [-0.05, 0) is 26.0 Å². The molecule has 0 amide bonds. The van der Waals surface area contributed by atoms with Crippen molar-refractivity contribution in [3.05, 3.63) is 34.9 Å². The fourth-order valence-corrected chi connectivity index (χ4v) is 2.06. The second-order valence-corrected chi connectivity index (χ2v) is 5.04. The minimum Gasteiger partial charge on any atom is -0.389 e. The van der Waals surface area contributed by atoms with Crippen LogP contribution in [0.4, 0.5) is 0 Å². The average molecular weight is 264 g/mol. The number of aliphatic hydroxyl groups excluding tert-OH is 1. The van der Waals surface area contributed by atoms with Gasteiger partial charge in [-0.1, -0.05) is 0 Å². The summed E-state index contributed by atoms with van der Waals surface area (Å²) < 4.78 is 8.66. The summed E-state index contributed by atoms with van der Waals surface area (Å²) >= 11 is 0. The van der Waals surface area contributed by atoms with E-state index in [9.17, 15) is 9.90 Å². The molecule has 0 fully saturated rings. The lowest BCUT2D eigenvalue weighted by Gasteiger charge is -2.15. The molecular weight excluding hydrogens is 244 g/mol. The summed E-state index contributed by atoms with van der Waals surface area (Å²) in [6.45, 7) is 4.30. The predicted molar refractivity (Wildman–Crippen MR) is 74.3 cm³/mol. The highest BCUT2D eigenvalue weighted by Gasteiger charge is 2.11. The van der Waals surface area contributed by atoms with Crippen molar-refractivity contribution in [2.24, 2.45) is 7.05 Å². The Morgan fingerprint density at radius 3 is 2.68 bits per heavy atom. The van der Waals surface area contributed by atoms with Crippen LogP contribution >= 0.6 is 0 Å². The average Bonchev–Trinajstić information content (AvgIpc) is 2.73. The molecule has 2 heterocycles. The summed E-state index contributed by atoms with van der Waals surface area (Å²) in [4.78, 5) is 12.3. The topological polar surface area (TPSA) is 56.4 Å². The quantitative estimate of drug-likeness (QED) is 0.880. The van der Waals surface area contributed by atoms with Crippen molar-refractivity contribution in [3.8, 4) is 0 Å². The van der Waals surface area contributed by atoms with Crippen LogP contribution in [-0.2, 0) is 18.3 Å². The molecular formula is C14H20N2O3. The van der Waals surface area contributed by atoms with Gasteiger partial charge in [-0.3, -0.25) is 4.79 Å². The molecule has 1 atom stereocenters. The number of fused-ring (bicyclic) bond motifs is 1. The molecule has 5 nitrogen and oxygen atoms in total. The summed E-state index contributed by atoms with van der Waals surface area (Å²) in [5.41, 5.74) is 0.563. The lowest BCUT2D eigenvalue weighted by molar-refractivity contribution is -0.00102. The SMILES string of the molecule is CC(C)OCC(O)Cn1ccc2ccn(C)c2c1=O. The van der Waals surface area contributed by atoms with E-state index in [2.05, 4.69) is 0 Å². The van der Waals surface area contributed by atoms with E-state index in [-0.39, 0.29) is 24.8 Å². The van der Waals surface area contributed by atoms with Crippen LogP contribution in [0.1, 0.15) is 13.8 Å². The van der Waals surface area contributed by atoms with Gasteiger partial charge in [0.15, 0.2) is 0 Å². The van der Waals surface area contributed by atoms with Gasteiger partial charge in [0.1, 0.15) is 5.52 Å². The van der Waals surface area contributed by atoms with Crippen LogP contribution in [0, 0.1) is 0 Å². The molecule has 0 aliphatic rings. The Bertz CT molecular complexity index is 613. The molecule has 104 valence electrons. The minimum absolute atomic E-state index is 0.0710. The number of aliphatic hydroxyl groups is 1. The lowest BCUT2D eigenvalue weighted by atomic mass is 10.3. The van der Waals surface area contributed by atoms with E-state index < -0.39 is 6.10 Å². The molecule has 2 aromatic heterocycles. The molecule has 19 heavy (non-hydrogen) atoms. The summed E-state index contributed by atoms with van der Waals surface area (Å²) in [6.07, 6.45) is 2.96. The first-order chi connectivity index (χ1) is 8.99. The van der Waals surface area contributed by atoms with Gasteiger partial charge in [0.05, 0.1) is 25.4 Å². The number of pyridine rings is 1. The van der Waals surface area contributed by atoms with Crippen molar-refractivity contribution in [2.45, 2.75) is 32.6 Å². The van der Waals surface area contributed by atoms with Crippen molar-refractivity contribution in [1.82, 2.24) is 9.13 Å². The Labute approximate surface area is 112 Å². The number of aryl methyl sites for hydroxylation is 1. The third-order valence-electron chi connectivity index (χ3n) is 3.03. The van der Waals surface area contributed by atoms with Crippen LogP contribution < -0.4 is 5.56 Å². The zero-order valence-corrected chi connectivity index (χ0v) is 11.5. The number of nitrogens with zero attached hydrogens (tertiary/aromatic N) is 2. The Kier molecular flexibility index (Phi) is 4.07. The van der Waals surface area contributed by atoms with Crippen LogP contribution in [0.3, 0.4) is 0 Å². The Hall–Kier alpha value is -1.59. The van der Waals surface area contributed by atoms with E-state index in [1.807, 2.05) is 39.2 Å². The monoisotopic (exact) mass is 264 g/mol. The second kappa shape index (κ2) is 5.59. The van der Waals surface area contributed by atoms with Gasteiger partial charge in [-0.15, -0.1) is 0 Å². The fraction of sp³-hybridized carbons (Fsp3) is 0.500. The first-order valence-electron chi connectivity index (χ1n) is 6.43. The maximum Gasteiger partial charge on any atom is 0.275 e. The van der Waals surface area contributed by atoms with Crippen molar-refractivity contribution < 1.29 is 9.84 Å². The van der Waals surface area contributed by atoms with E-state index in [1.54, 1.807) is 10.8 Å². The van der Waals surface area contributed by atoms with Gasteiger partial charge in [-0.25, -0.2) is 0 Å². The van der Waals surface area contributed by atoms with Crippen LogP contribution in [0.15, 0.2) is 29.3 Å². The number of hydrogen-bond acceptors (Lipinski definition) is 3. The van der Waals surface area contributed by atoms with E-state index in [1.165, 1.54) is 4.57 Å². The molecule has 5 heteroatoms. The zero-order valence-electron chi connectivity index (χ0n) is 11.5. The zero-order chi connectivity index (χ0) is 14.0. The Morgan fingerprint density at radius 2 is 2.00 bits per heavy atom. The van der Waals surface area contributed by atoms with Crippen molar-refractivity contribution in [1.29, 1.82) is 0 Å². The molecule has 0 aliphatic heterocycles. The predicted octanol–water partition coefficient (Wildman–Crippen LogP) is 1.13. The molecule has 0 spiro atoms. The van der Waals surface area contributed by atoms with Crippen LogP contribution in [0.25, 0.3) is 10.9 Å². The first-order valence-corrected chi connectivity index (χ1v) is 6.43. The molecule has 0 bridgehead atoms. The molecule has 1 unspecified atom stereocenters. The van der Waals surface area contributed by atoms with E-state index >= 15 is 0 Å². The number of aromatic nitrogens is 2. The largest absolute Gasteiger partial charge is 0.389 e. The van der Waals surface area contributed by atoms with Gasteiger partial charge in [-0.2, -0.15) is 0 Å². The smallest absolute Gasteiger partial charge is 0.275 e. The molecule has 1 N–H and O–H groups in total. The molecule has 0 saturated heterocycles. The second-order valence-electron chi connectivity index (χ2n) is 5.04. The highest BCUT2D eigenvalue weighted by molar-refractivity contribution is 5.78. The van der Waals surface area contributed by atoms with E-state index in [0.717, 1.165) is 5.39 Å². The fourth-order valence-electron chi connectivity index (χ4n) is 2.06. The number of hydrogen-bond donors (Lipinski definition) is 1. The number of rotatable bonds is 5. The maximum atomic E-state index is 12.3. The molecule has 0 aromatic carbocycles. The van der Waals surface area contributed by atoms with Crippen LogP contribution in [-0.4, -0.2) is 33.1 Å². The third-order valence-corrected chi connectivity index (χ3v) is 3.03. The van der Waals surface area contributed by atoms with Crippen LogP contribution in [0.5, 0.6) is 0 Å². The maximum absolute atomic E-state index is 12.3. The van der Waals surface area contributed by atoms with Gasteiger partial charge < -0.3 is 19.0 Å². The summed E-state index contributed by atoms with van der Waals surface area (Å²) in [5.74, 6) is 0. The molecule has 0 radical (unpaired) electrons. The standard InChI is InChI=1S/C14H20N2O3/c1-10(2)19-9-12(17)8-16-7-5-11-4-6-15(3)13(11)14(16)18/h4-7,10,12,17H,8-9H2,1-3H3. The highest BCUT2D eigenvalue weighted by Crippen LogP contribution is 2.09. The normalized spacial score (nSPS) is 13.3. The van der Waals surface area contributed by atoms with Gasteiger partial charge in [0.25, 0.3) is 5.56 Å². The van der Waals surface area contributed by atoms with Gasteiger partial charge in [0, 0.05) is 24.8 Å². The lowest BCUT2D eigenvalue weighted by Crippen LogP contribution is -2.30. The number of ether oxygens (including phenoxy) is 1. The van der Waals surface area contributed by atoms with Crippen LogP contribution in [0.2, 0.25) is 0 Å². The molecule has 0 aliphatic carbocycles. The van der Waals surface area contributed by atoms with Crippen molar-refractivity contribution >= 4 is 10.9 Å². The van der Waals surface area contributed by atoms with Gasteiger partial charge >= 0.3 is 0 Å². The molecule has 2 aromatic rings. The summed E-state index contributed by atoms with van der Waals surface area (Å²) in [5, 5.41) is 10.8. The van der Waals surface area contributed by atoms with Crippen molar-refractivity contribution in [2.75, 3.05) is 6.61 Å². The minimum atomic E-state index is -0.683. The van der Waals surface area contributed by atoms with Gasteiger partial charge in [0.2, 0.25) is 0 Å². The highest BCUT2D eigenvalue weighted by atomic mass is 16.5. The molecule has 0 saturated carbocycles.